The maximum absolute atomic E-state index is 11.5. The maximum atomic E-state index is 11.5. The summed E-state index contributed by atoms with van der Waals surface area (Å²) in [6, 6.07) is -0.339. The van der Waals surface area contributed by atoms with Crippen LogP contribution < -0.4 is 0 Å². The van der Waals surface area contributed by atoms with Crippen molar-refractivity contribution >= 4 is 5.97 Å². The van der Waals surface area contributed by atoms with E-state index in [0.717, 1.165) is 18.8 Å². The first kappa shape index (κ1) is 11.6. The summed E-state index contributed by atoms with van der Waals surface area (Å²) in [6.45, 7) is 1.47. The number of aryl methyl sites for hydroxylation is 1. The Morgan fingerprint density at radius 2 is 2.39 bits per heavy atom. The molecule has 1 aliphatic carbocycles. The lowest BCUT2D eigenvalue weighted by Gasteiger charge is -2.23. The molecule has 0 amide bonds. The van der Waals surface area contributed by atoms with Crippen molar-refractivity contribution in [3.8, 4) is 0 Å². The minimum Gasteiger partial charge on any atom is -0.480 e. The van der Waals surface area contributed by atoms with Gasteiger partial charge in [-0.15, -0.1) is 10.2 Å². The van der Waals surface area contributed by atoms with Crippen molar-refractivity contribution < 1.29 is 9.90 Å². The van der Waals surface area contributed by atoms with Crippen LogP contribution >= 0.6 is 0 Å². The van der Waals surface area contributed by atoms with Crippen LogP contribution in [0.4, 0.5) is 0 Å². The number of aliphatic carboxylic acids is 1. The minimum atomic E-state index is -0.688. The predicted octanol–water partition coefficient (Wildman–Crippen LogP) is 0.500. The zero-order chi connectivity index (χ0) is 12.7. The van der Waals surface area contributed by atoms with E-state index >= 15 is 0 Å². The van der Waals surface area contributed by atoms with Gasteiger partial charge in [-0.2, -0.15) is 0 Å². The van der Waals surface area contributed by atoms with Crippen molar-refractivity contribution in [3.63, 3.8) is 0 Å². The highest BCUT2D eigenvalue weighted by molar-refractivity contribution is 5.74. The van der Waals surface area contributed by atoms with Gasteiger partial charge >= 0.3 is 5.97 Å². The lowest BCUT2D eigenvalue weighted by molar-refractivity contribution is -0.143. The van der Waals surface area contributed by atoms with E-state index < -0.39 is 5.97 Å². The Bertz CT molecular complexity index is 459. The second kappa shape index (κ2) is 4.35. The van der Waals surface area contributed by atoms with Crippen LogP contribution in [0.1, 0.15) is 25.1 Å². The molecule has 98 valence electrons. The standard InChI is InChI=1S/C12H18N4O2/c1-15-7-13-14-10(15)6-16-5-8-3-2-4-9(8)11(16)12(17)18/h7-9,11H,2-6H2,1H3,(H,17,18). The van der Waals surface area contributed by atoms with E-state index in [9.17, 15) is 9.90 Å². The fourth-order valence-corrected chi connectivity index (χ4v) is 3.53. The third-order valence-corrected chi connectivity index (χ3v) is 4.39. The predicted molar refractivity (Wildman–Crippen MR) is 63.7 cm³/mol. The van der Waals surface area contributed by atoms with E-state index in [-0.39, 0.29) is 6.04 Å². The SMILES string of the molecule is Cn1cnnc1CN1CC2CCCC2C1C(=O)O. The zero-order valence-electron chi connectivity index (χ0n) is 10.5. The summed E-state index contributed by atoms with van der Waals surface area (Å²) in [5.41, 5.74) is 0. The molecular weight excluding hydrogens is 232 g/mol. The summed E-state index contributed by atoms with van der Waals surface area (Å²) < 4.78 is 1.85. The summed E-state index contributed by atoms with van der Waals surface area (Å²) in [5.74, 6) is 1.03. The third kappa shape index (κ3) is 1.80. The molecule has 1 aromatic heterocycles. The van der Waals surface area contributed by atoms with Gasteiger partial charge in [0.1, 0.15) is 18.2 Å². The fourth-order valence-electron chi connectivity index (χ4n) is 3.53. The molecule has 0 aromatic carbocycles. The van der Waals surface area contributed by atoms with Crippen molar-refractivity contribution in [2.75, 3.05) is 6.54 Å². The van der Waals surface area contributed by atoms with E-state index in [1.54, 1.807) is 6.33 Å². The normalized spacial score (nSPS) is 31.7. The lowest BCUT2D eigenvalue weighted by Crippen LogP contribution is -2.39. The highest BCUT2D eigenvalue weighted by Crippen LogP contribution is 2.42. The van der Waals surface area contributed by atoms with Gasteiger partial charge in [0.25, 0.3) is 0 Å². The van der Waals surface area contributed by atoms with Gasteiger partial charge < -0.3 is 9.67 Å². The summed E-state index contributed by atoms with van der Waals surface area (Å²) in [4.78, 5) is 13.5. The van der Waals surface area contributed by atoms with Gasteiger partial charge in [0.05, 0.1) is 6.54 Å². The molecule has 0 bridgehead atoms. The van der Waals surface area contributed by atoms with Gasteiger partial charge in [-0.25, -0.2) is 0 Å². The molecule has 1 N–H and O–H groups in total. The fraction of sp³-hybridized carbons (Fsp3) is 0.750. The Hall–Kier alpha value is -1.43. The molecule has 6 heteroatoms. The number of rotatable bonds is 3. The molecule has 6 nitrogen and oxygen atoms in total. The Balaban J connectivity index is 1.79. The number of fused-ring (bicyclic) bond motifs is 1. The lowest BCUT2D eigenvalue weighted by atomic mass is 9.94. The Morgan fingerprint density at radius 3 is 3.06 bits per heavy atom. The van der Waals surface area contributed by atoms with E-state index in [4.69, 9.17) is 0 Å². The molecule has 2 fully saturated rings. The van der Waals surface area contributed by atoms with Crippen molar-refractivity contribution in [1.29, 1.82) is 0 Å². The summed E-state index contributed by atoms with van der Waals surface area (Å²) >= 11 is 0. The quantitative estimate of drug-likeness (QED) is 0.846. The number of carbonyl (C=O) groups is 1. The highest BCUT2D eigenvalue weighted by atomic mass is 16.4. The molecule has 3 rings (SSSR count). The first-order valence-electron chi connectivity index (χ1n) is 6.46. The summed E-state index contributed by atoms with van der Waals surface area (Å²) in [5, 5.41) is 17.3. The van der Waals surface area contributed by atoms with Crippen molar-refractivity contribution in [1.82, 2.24) is 19.7 Å². The first-order chi connectivity index (χ1) is 8.66. The van der Waals surface area contributed by atoms with Gasteiger partial charge in [0.15, 0.2) is 0 Å². The van der Waals surface area contributed by atoms with Crippen LogP contribution in [0.5, 0.6) is 0 Å². The van der Waals surface area contributed by atoms with E-state index in [0.29, 0.717) is 18.4 Å². The Labute approximate surface area is 106 Å². The maximum Gasteiger partial charge on any atom is 0.321 e. The first-order valence-corrected chi connectivity index (χ1v) is 6.46. The topological polar surface area (TPSA) is 71.2 Å². The monoisotopic (exact) mass is 250 g/mol. The Morgan fingerprint density at radius 1 is 1.56 bits per heavy atom. The van der Waals surface area contributed by atoms with Gasteiger partial charge in [0.2, 0.25) is 0 Å². The molecule has 2 aliphatic rings. The van der Waals surface area contributed by atoms with Gasteiger partial charge in [-0.05, 0) is 24.7 Å². The second-order valence-corrected chi connectivity index (χ2v) is 5.43. The summed E-state index contributed by atoms with van der Waals surface area (Å²) in [6.07, 6.45) is 5.06. The smallest absolute Gasteiger partial charge is 0.321 e. The van der Waals surface area contributed by atoms with Crippen LogP contribution in [0.3, 0.4) is 0 Å². The number of carboxylic acid groups (broad SMARTS) is 1. The van der Waals surface area contributed by atoms with E-state index in [1.165, 1.54) is 12.8 Å². The molecule has 0 spiro atoms. The third-order valence-electron chi connectivity index (χ3n) is 4.39. The number of carboxylic acids is 1. The van der Waals surface area contributed by atoms with Crippen LogP contribution in [-0.4, -0.2) is 43.3 Å². The molecule has 1 saturated carbocycles. The molecule has 3 unspecified atom stereocenters. The van der Waals surface area contributed by atoms with Crippen molar-refractivity contribution in [2.45, 2.75) is 31.8 Å². The highest BCUT2D eigenvalue weighted by Gasteiger charge is 2.47. The Kier molecular flexibility index (Phi) is 2.81. The van der Waals surface area contributed by atoms with Crippen LogP contribution in [0, 0.1) is 11.8 Å². The van der Waals surface area contributed by atoms with Crippen LogP contribution in [0.25, 0.3) is 0 Å². The van der Waals surface area contributed by atoms with Crippen LogP contribution in [-0.2, 0) is 18.4 Å². The average molecular weight is 250 g/mol. The largest absolute Gasteiger partial charge is 0.480 e. The number of aromatic nitrogens is 3. The number of hydrogen-bond donors (Lipinski definition) is 1. The van der Waals surface area contributed by atoms with E-state index in [1.807, 2.05) is 11.6 Å². The van der Waals surface area contributed by atoms with Crippen molar-refractivity contribution in [2.24, 2.45) is 18.9 Å². The number of hydrogen-bond acceptors (Lipinski definition) is 4. The number of nitrogens with zero attached hydrogens (tertiary/aromatic N) is 4. The molecule has 1 aromatic rings. The molecule has 18 heavy (non-hydrogen) atoms. The second-order valence-electron chi connectivity index (χ2n) is 5.43. The van der Waals surface area contributed by atoms with Crippen LogP contribution in [0.2, 0.25) is 0 Å². The molecule has 1 saturated heterocycles. The number of likely N-dealkylation sites (tertiary alicyclic amines) is 1. The van der Waals surface area contributed by atoms with E-state index in [2.05, 4.69) is 15.1 Å². The molecule has 1 aliphatic heterocycles. The minimum absolute atomic E-state index is 0.329. The van der Waals surface area contributed by atoms with Crippen LogP contribution in [0.15, 0.2) is 6.33 Å². The van der Waals surface area contributed by atoms with Gasteiger partial charge in [-0.1, -0.05) is 6.42 Å². The zero-order valence-corrected chi connectivity index (χ0v) is 10.5. The van der Waals surface area contributed by atoms with Gasteiger partial charge in [0, 0.05) is 13.6 Å². The van der Waals surface area contributed by atoms with Gasteiger partial charge in [-0.3, -0.25) is 9.69 Å². The molecule has 2 heterocycles. The molecular formula is C12H18N4O2. The average Bonchev–Trinajstić information content (AvgIpc) is 2.95. The summed E-state index contributed by atoms with van der Waals surface area (Å²) in [7, 11) is 1.89. The van der Waals surface area contributed by atoms with Crippen molar-refractivity contribution in [3.05, 3.63) is 12.2 Å². The molecule has 0 radical (unpaired) electrons. The molecule has 3 atom stereocenters.